The maximum Gasteiger partial charge on any atom is 0.255 e. The summed E-state index contributed by atoms with van der Waals surface area (Å²) in [7, 11) is 3.18. The van der Waals surface area contributed by atoms with Gasteiger partial charge in [-0.3, -0.25) is 19.3 Å². The summed E-state index contributed by atoms with van der Waals surface area (Å²) in [6.45, 7) is 5.52. The van der Waals surface area contributed by atoms with Gasteiger partial charge in [0.05, 0.1) is 11.6 Å². The number of phenols is 1. The molecule has 4 rings (SSSR count). The van der Waals surface area contributed by atoms with E-state index in [4.69, 9.17) is 5.73 Å². The van der Waals surface area contributed by atoms with Crippen molar-refractivity contribution >= 4 is 45.6 Å². The molecule has 3 aliphatic carbocycles. The summed E-state index contributed by atoms with van der Waals surface area (Å²) in [5.41, 5.74) is 3.20. The van der Waals surface area contributed by atoms with Gasteiger partial charge in [-0.1, -0.05) is 6.58 Å². The molecule has 0 spiro atoms. The molecule has 0 bridgehead atoms. The fourth-order valence-corrected chi connectivity index (χ4v) is 6.40. The highest BCUT2D eigenvalue weighted by Gasteiger charge is 2.63. The number of Topliss-reactive ketones (excluding diaryl/α,β-unsaturated/α-hetero) is 2. The minimum absolute atomic E-state index is 0.00863. The molecule has 0 heterocycles. The van der Waals surface area contributed by atoms with Crippen molar-refractivity contribution in [3.05, 3.63) is 55.6 Å². The standard InChI is InChI=1S/C24H25IN2O7/c1-8(2)10-7-13(25)11-5-9-6-12-17(27(3)4)20(30)16(23(26)33)22(32)24(12,34)21(31)14(9)19(29)15(11)18(10)28/h7,9,12,17,28,30-31,34H,1,5-6H2,2-4H3,(H2,26,33)/t9-,12-,17-,24-/m0/s1. The van der Waals surface area contributed by atoms with Crippen LogP contribution < -0.4 is 5.73 Å². The molecular formula is C24H25IN2O7. The van der Waals surface area contributed by atoms with E-state index in [2.05, 4.69) is 29.2 Å². The Morgan fingerprint density at radius 1 is 1.26 bits per heavy atom. The van der Waals surface area contributed by atoms with Crippen molar-refractivity contribution < 1.29 is 34.8 Å². The fourth-order valence-electron chi connectivity index (χ4n) is 5.60. The van der Waals surface area contributed by atoms with Crippen molar-refractivity contribution in [2.45, 2.75) is 31.4 Å². The van der Waals surface area contributed by atoms with E-state index >= 15 is 0 Å². The average Bonchev–Trinajstić information content (AvgIpc) is 2.72. The zero-order valence-corrected chi connectivity index (χ0v) is 21.0. The molecule has 1 aromatic rings. The number of halogens is 1. The van der Waals surface area contributed by atoms with Crippen LogP contribution in [0.3, 0.4) is 0 Å². The number of nitrogens with zero attached hydrogens (tertiary/aromatic N) is 1. The SMILES string of the molecule is C=C(C)c1cc(I)c2c(c1O)C(=O)C1=C(O)[C@]3(O)C(=O)C(C(N)=O)=C(O)[C@@H](N(C)C)[C@@H]3C[C@@H]1C2. The van der Waals surface area contributed by atoms with Crippen LogP contribution in [0.1, 0.15) is 34.8 Å². The van der Waals surface area contributed by atoms with Gasteiger partial charge < -0.3 is 26.2 Å². The van der Waals surface area contributed by atoms with Gasteiger partial charge in [-0.15, -0.1) is 0 Å². The van der Waals surface area contributed by atoms with E-state index in [-0.39, 0.29) is 29.7 Å². The van der Waals surface area contributed by atoms with Crippen molar-refractivity contribution in [3.8, 4) is 5.75 Å². The van der Waals surface area contributed by atoms with Crippen LogP contribution in [-0.2, 0) is 16.0 Å². The Labute approximate surface area is 209 Å². The van der Waals surface area contributed by atoms with Crippen LogP contribution in [0.4, 0.5) is 0 Å². The fraction of sp³-hybridized carbons (Fsp3) is 0.375. The molecule has 0 aromatic heterocycles. The Morgan fingerprint density at radius 2 is 1.88 bits per heavy atom. The molecule has 180 valence electrons. The van der Waals surface area contributed by atoms with Crippen molar-refractivity contribution in [1.29, 1.82) is 0 Å². The predicted molar refractivity (Wildman–Crippen MR) is 131 cm³/mol. The summed E-state index contributed by atoms with van der Waals surface area (Å²) in [5, 5.41) is 44.5. The number of benzene rings is 1. The maximum absolute atomic E-state index is 13.6. The Hall–Kier alpha value is -2.70. The molecule has 4 atom stereocenters. The first-order chi connectivity index (χ1) is 15.7. The van der Waals surface area contributed by atoms with Crippen LogP contribution >= 0.6 is 22.6 Å². The minimum atomic E-state index is -2.64. The second-order valence-corrected chi connectivity index (χ2v) is 10.5. The number of rotatable bonds is 3. The van der Waals surface area contributed by atoms with E-state index in [0.29, 0.717) is 16.7 Å². The lowest BCUT2D eigenvalue weighted by Gasteiger charge is -2.50. The van der Waals surface area contributed by atoms with Gasteiger partial charge in [0.2, 0.25) is 5.78 Å². The second-order valence-electron chi connectivity index (χ2n) is 9.35. The third-order valence-electron chi connectivity index (χ3n) is 7.13. The minimum Gasteiger partial charge on any atom is -0.510 e. The molecule has 0 saturated heterocycles. The zero-order valence-electron chi connectivity index (χ0n) is 18.8. The first kappa shape index (κ1) is 24.4. The molecule has 1 amide bonds. The lowest BCUT2D eigenvalue weighted by Crippen LogP contribution is -2.63. The Kier molecular flexibility index (Phi) is 5.69. The van der Waals surface area contributed by atoms with Crippen LogP contribution in [0.15, 0.2) is 35.3 Å². The molecule has 1 aromatic carbocycles. The van der Waals surface area contributed by atoms with Crippen LogP contribution in [0.25, 0.3) is 5.57 Å². The summed E-state index contributed by atoms with van der Waals surface area (Å²) in [4.78, 5) is 40.4. The smallest absolute Gasteiger partial charge is 0.255 e. The highest BCUT2D eigenvalue weighted by molar-refractivity contribution is 14.1. The van der Waals surface area contributed by atoms with E-state index in [1.165, 1.54) is 4.90 Å². The summed E-state index contributed by atoms with van der Waals surface area (Å²) in [6, 6.07) is 0.724. The molecule has 0 radical (unpaired) electrons. The number of carbonyl (C=O) groups excluding carboxylic acids is 3. The van der Waals surface area contributed by atoms with Gasteiger partial charge in [0.25, 0.3) is 5.91 Å². The summed E-state index contributed by atoms with van der Waals surface area (Å²) >= 11 is 2.08. The largest absolute Gasteiger partial charge is 0.510 e. The third-order valence-corrected chi connectivity index (χ3v) is 8.09. The number of primary amides is 1. The lowest BCUT2D eigenvalue weighted by molar-refractivity contribution is -0.148. The molecular weight excluding hydrogens is 555 g/mol. The van der Waals surface area contributed by atoms with Crippen LogP contribution in [0.2, 0.25) is 0 Å². The van der Waals surface area contributed by atoms with E-state index in [0.717, 1.165) is 3.57 Å². The third kappa shape index (κ3) is 3.08. The van der Waals surface area contributed by atoms with Gasteiger partial charge in [-0.2, -0.15) is 0 Å². The zero-order chi connectivity index (χ0) is 25.4. The van der Waals surface area contributed by atoms with Gasteiger partial charge in [-0.25, -0.2) is 0 Å². The van der Waals surface area contributed by atoms with Gasteiger partial charge in [0.1, 0.15) is 22.8 Å². The highest BCUT2D eigenvalue weighted by Crippen LogP contribution is 2.53. The normalized spacial score (nSPS) is 28.6. The van der Waals surface area contributed by atoms with E-state index in [9.17, 15) is 34.8 Å². The number of carbonyl (C=O) groups is 3. The number of ketones is 2. The molecule has 0 unspecified atom stereocenters. The first-order valence-electron chi connectivity index (χ1n) is 10.6. The Morgan fingerprint density at radius 3 is 2.41 bits per heavy atom. The van der Waals surface area contributed by atoms with Gasteiger partial charge in [-0.05, 0) is 79.6 Å². The molecule has 10 heteroatoms. The Balaban J connectivity index is 1.99. The van der Waals surface area contributed by atoms with Crippen molar-refractivity contribution in [2.75, 3.05) is 14.1 Å². The van der Waals surface area contributed by atoms with Crippen molar-refractivity contribution in [2.24, 2.45) is 17.6 Å². The Bertz CT molecular complexity index is 1260. The predicted octanol–water partition coefficient (Wildman–Crippen LogP) is 1.76. The number of aliphatic hydroxyl groups excluding tert-OH is 2. The molecule has 0 aliphatic heterocycles. The average molecular weight is 580 g/mol. The van der Waals surface area contributed by atoms with Gasteiger partial charge >= 0.3 is 0 Å². The maximum atomic E-state index is 13.6. The van der Waals surface area contributed by atoms with E-state index in [1.807, 2.05) is 0 Å². The van der Waals surface area contributed by atoms with E-state index in [1.54, 1.807) is 27.1 Å². The van der Waals surface area contributed by atoms with E-state index < -0.39 is 58.0 Å². The number of aromatic hydroxyl groups is 1. The highest BCUT2D eigenvalue weighted by atomic mass is 127. The number of hydrogen-bond donors (Lipinski definition) is 5. The van der Waals surface area contributed by atoms with Crippen molar-refractivity contribution in [3.63, 3.8) is 0 Å². The lowest BCUT2D eigenvalue weighted by atomic mass is 9.58. The number of allylic oxidation sites excluding steroid dienone is 2. The number of aliphatic hydroxyl groups is 3. The number of fused-ring (bicyclic) bond motifs is 3. The van der Waals surface area contributed by atoms with Crippen LogP contribution in [0.5, 0.6) is 5.75 Å². The van der Waals surface area contributed by atoms with Crippen LogP contribution in [-0.4, -0.2) is 68.5 Å². The molecule has 0 saturated carbocycles. The summed E-state index contributed by atoms with van der Waals surface area (Å²) in [6.07, 6.45) is 0.321. The monoisotopic (exact) mass is 580 g/mol. The number of hydrogen-bond acceptors (Lipinski definition) is 8. The van der Waals surface area contributed by atoms with Gasteiger partial charge in [0.15, 0.2) is 11.4 Å². The van der Waals surface area contributed by atoms with Gasteiger partial charge in [0, 0.05) is 20.6 Å². The van der Waals surface area contributed by atoms with Crippen LogP contribution in [0, 0.1) is 15.4 Å². The second kappa shape index (κ2) is 7.92. The van der Waals surface area contributed by atoms with Crippen molar-refractivity contribution in [1.82, 2.24) is 4.90 Å². The molecule has 0 fully saturated rings. The topological polar surface area (TPSA) is 161 Å². The number of phenolic OH excluding ortho intramolecular Hbond substituents is 1. The quantitative estimate of drug-likeness (QED) is 0.267. The number of nitrogens with two attached hydrogens (primary N) is 1. The summed E-state index contributed by atoms with van der Waals surface area (Å²) in [5.74, 6) is -6.58. The number of amides is 1. The molecule has 34 heavy (non-hydrogen) atoms. The molecule has 9 nitrogen and oxygen atoms in total. The first-order valence-corrected chi connectivity index (χ1v) is 11.7. The summed E-state index contributed by atoms with van der Waals surface area (Å²) < 4.78 is 0.735. The molecule has 3 aliphatic rings. The molecule has 6 N–H and O–H groups in total. The number of likely N-dealkylation sites (N-methyl/N-ethyl adjacent to an activating group) is 1.